The smallest absolute Gasteiger partial charge is 0.210 e. The summed E-state index contributed by atoms with van der Waals surface area (Å²) in [7, 11) is 3.34. The SMILES string of the molecule is COC(C)C.COc1ccc(C2c3[nH]c4ccc(Cl)cc4c3CCN2C=O)cc1. The predicted octanol–water partition coefficient (Wildman–Crippen LogP) is 4.98. The van der Waals surface area contributed by atoms with Gasteiger partial charge in [-0.25, -0.2) is 0 Å². The highest BCUT2D eigenvalue weighted by molar-refractivity contribution is 6.31. The molecule has 0 bridgehead atoms. The fraction of sp³-hybridized carbons (Fsp3) is 0.348. The van der Waals surface area contributed by atoms with Gasteiger partial charge in [-0.15, -0.1) is 0 Å². The average molecular weight is 415 g/mol. The van der Waals surface area contributed by atoms with E-state index in [4.69, 9.17) is 21.1 Å². The van der Waals surface area contributed by atoms with Crippen molar-refractivity contribution in [3.63, 3.8) is 0 Å². The first-order valence-corrected chi connectivity index (χ1v) is 10.0. The van der Waals surface area contributed by atoms with Crippen molar-refractivity contribution in [1.29, 1.82) is 0 Å². The third-order valence-electron chi connectivity index (χ3n) is 5.16. The maximum Gasteiger partial charge on any atom is 0.210 e. The molecule has 0 radical (unpaired) electrons. The molecule has 0 fully saturated rings. The highest BCUT2D eigenvalue weighted by atomic mass is 35.5. The summed E-state index contributed by atoms with van der Waals surface area (Å²) in [4.78, 5) is 16.9. The average Bonchev–Trinajstić information content (AvgIpc) is 3.11. The highest BCUT2D eigenvalue weighted by Crippen LogP contribution is 2.38. The molecule has 5 nitrogen and oxygen atoms in total. The zero-order chi connectivity index (χ0) is 21.0. The Balaban J connectivity index is 0.000000431. The molecule has 1 amide bonds. The second kappa shape index (κ2) is 9.33. The molecule has 1 aliphatic heterocycles. The maximum atomic E-state index is 11.6. The van der Waals surface area contributed by atoms with Crippen molar-refractivity contribution in [3.8, 4) is 5.75 Å². The highest BCUT2D eigenvalue weighted by Gasteiger charge is 2.30. The first-order chi connectivity index (χ1) is 14.0. The van der Waals surface area contributed by atoms with Crippen LogP contribution in [0.25, 0.3) is 10.9 Å². The molecule has 0 saturated carbocycles. The number of amides is 1. The molecule has 3 aromatic rings. The number of hydrogen-bond acceptors (Lipinski definition) is 3. The molecule has 6 heteroatoms. The van der Waals surface area contributed by atoms with Crippen molar-refractivity contribution in [2.45, 2.75) is 32.4 Å². The second-order valence-corrected chi connectivity index (χ2v) is 7.70. The van der Waals surface area contributed by atoms with Crippen molar-refractivity contribution in [2.75, 3.05) is 20.8 Å². The van der Waals surface area contributed by atoms with Gasteiger partial charge in [0.2, 0.25) is 6.41 Å². The van der Waals surface area contributed by atoms with E-state index in [2.05, 4.69) is 4.98 Å². The quantitative estimate of drug-likeness (QED) is 0.613. The lowest BCUT2D eigenvalue weighted by Gasteiger charge is -2.33. The van der Waals surface area contributed by atoms with Crippen molar-refractivity contribution in [2.24, 2.45) is 0 Å². The van der Waals surface area contributed by atoms with Crippen molar-refractivity contribution in [3.05, 3.63) is 64.3 Å². The van der Waals surface area contributed by atoms with Crippen molar-refractivity contribution >= 4 is 28.9 Å². The number of ether oxygens (including phenoxy) is 2. The molecule has 29 heavy (non-hydrogen) atoms. The Morgan fingerprint density at radius 3 is 2.45 bits per heavy atom. The van der Waals surface area contributed by atoms with Gasteiger partial charge in [0.25, 0.3) is 0 Å². The summed E-state index contributed by atoms with van der Waals surface area (Å²) in [6.07, 6.45) is 2.13. The third-order valence-corrected chi connectivity index (χ3v) is 5.40. The Morgan fingerprint density at radius 2 is 1.86 bits per heavy atom. The van der Waals surface area contributed by atoms with Crippen LogP contribution in [-0.2, 0) is 16.0 Å². The van der Waals surface area contributed by atoms with Gasteiger partial charge in [-0.3, -0.25) is 4.79 Å². The Hall–Kier alpha value is -2.50. The van der Waals surface area contributed by atoms with Crippen LogP contribution in [0.15, 0.2) is 42.5 Å². The lowest BCUT2D eigenvalue weighted by Crippen LogP contribution is -2.34. The number of halogens is 1. The van der Waals surface area contributed by atoms with Gasteiger partial charge >= 0.3 is 0 Å². The largest absolute Gasteiger partial charge is 0.497 e. The van der Waals surface area contributed by atoms with Gasteiger partial charge in [-0.1, -0.05) is 23.7 Å². The number of hydrogen-bond donors (Lipinski definition) is 1. The monoisotopic (exact) mass is 414 g/mol. The number of H-pyrrole nitrogens is 1. The Bertz CT molecular complexity index is 966. The molecule has 0 spiro atoms. The molecule has 1 atom stereocenters. The predicted molar refractivity (Wildman–Crippen MR) is 117 cm³/mol. The number of fused-ring (bicyclic) bond motifs is 3. The van der Waals surface area contributed by atoms with E-state index < -0.39 is 0 Å². The molecular weight excluding hydrogens is 388 g/mol. The molecule has 0 aliphatic carbocycles. The van der Waals surface area contributed by atoms with Crippen LogP contribution >= 0.6 is 11.6 Å². The van der Waals surface area contributed by atoms with E-state index in [-0.39, 0.29) is 6.04 Å². The van der Waals surface area contributed by atoms with Crippen LogP contribution in [0.2, 0.25) is 5.02 Å². The minimum atomic E-state index is -0.122. The van der Waals surface area contributed by atoms with Gasteiger partial charge in [-0.05, 0) is 61.7 Å². The molecule has 154 valence electrons. The molecule has 2 heterocycles. The minimum Gasteiger partial charge on any atom is -0.497 e. The summed E-state index contributed by atoms with van der Waals surface area (Å²) < 4.78 is 9.98. The number of aromatic amines is 1. The van der Waals surface area contributed by atoms with Crippen LogP contribution in [-0.4, -0.2) is 43.2 Å². The van der Waals surface area contributed by atoms with Crippen LogP contribution in [0, 0.1) is 0 Å². The Morgan fingerprint density at radius 1 is 1.17 bits per heavy atom. The van der Waals surface area contributed by atoms with Crippen molar-refractivity contribution < 1.29 is 14.3 Å². The number of carbonyl (C=O) groups excluding carboxylic acids is 1. The minimum absolute atomic E-state index is 0.122. The zero-order valence-corrected chi connectivity index (χ0v) is 18.0. The van der Waals surface area contributed by atoms with Gasteiger partial charge in [0.1, 0.15) is 5.75 Å². The maximum absolute atomic E-state index is 11.6. The molecule has 1 unspecified atom stereocenters. The van der Waals surface area contributed by atoms with Crippen LogP contribution in [0.1, 0.15) is 36.7 Å². The lowest BCUT2D eigenvalue weighted by atomic mass is 9.93. The summed E-state index contributed by atoms with van der Waals surface area (Å²) in [5.41, 5.74) is 4.42. The second-order valence-electron chi connectivity index (χ2n) is 7.26. The summed E-state index contributed by atoms with van der Waals surface area (Å²) in [5, 5.41) is 1.87. The summed E-state index contributed by atoms with van der Waals surface area (Å²) >= 11 is 6.17. The van der Waals surface area contributed by atoms with Gasteiger partial charge in [0.15, 0.2) is 0 Å². The first kappa shape index (κ1) is 21.2. The molecular formula is C23H27ClN2O3. The van der Waals surface area contributed by atoms with Gasteiger partial charge in [0.05, 0.1) is 19.3 Å². The standard InChI is InChI=1S/C19H17ClN2O2.C4H10O/c1-24-14-5-2-12(3-6-14)19-18-15(8-9-22(19)11-23)16-10-13(20)4-7-17(16)21-18;1-4(2)5-3/h2-7,10-11,19,21H,8-9H2,1H3;4H,1-3H3. The van der Waals surface area contributed by atoms with Crippen molar-refractivity contribution in [1.82, 2.24) is 9.88 Å². The van der Waals surface area contributed by atoms with Gasteiger partial charge in [0, 0.05) is 35.3 Å². The molecule has 4 rings (SSSR count). The first-order valence-electron chi connectivity index (χ1n) is 9.66. The lowest BCUT2D eigenvalue weighted by molar-refractivity contribution is -0.120. The Kier molecular flexibility index (Phi) is 6.83. The number of rotatable bonds is 4. The molecule has 0 saturated heterocycles. The van der Waals surface area contributed by atoms with E-state index in [1.807, 2.05) is 61.2 Å². The molecule has 2 aromatic carbocycles. The van der Waals surface area contributed by atoms with E-state index in [9.17, 15) is 4.79 Å². The van der Waals surface area contributed by atoms with Gasteiger partial charge in [-0.2, -0.15) is 0 Å². The van der Waals surface area contributed by atoms with Crippen LogP contribution < -0.4 is 4.74 Å². The van der Waals surface area contributed by atoms with Crippen LogP contribution in [0.4, 0.5) is 0 Å². The summed E-state index contributed by atoms with van der Waals surface area (Å²) in [5.74, 6) is 0.802. The van der Waals surface area contributed by atoms with E-state index in [1.165, 1.54) is 5.56 Å². The third kappa shape index (κ3) is 4.57. The number of benzene rings is 2. The molecule has 1 N–H and O–H groups in total. The molecule has 1 aromatic heterocycles. The zero-order valence-electron chi connectivity index (χ0n) is 17.2. The van der Waals surface area contributed by atoms with E-state index >= 15 is 0 Å². The molecule has 1 aliphatic rings. The van der Waals surface area contributed by atoms with Crippen LogP contribution in [0.5, 0.6) is 5.75 Å². The van der Waals surface area contributed by atoms with E-state index in [0.717, 1.165) is 45.8 Å². The summed E-state index contributed by atoms with van der Waals surface area (Å²) in [6.45, 7) is 4.69. The number of nitrogens with zero attached hydrogens (tertiary/aromatic N) is 1. The van der Waals surface area contributed by atoms with Gasteiger partial charge < -0.3 is 19.4 Å². The van der Waals surface area contributed by atoms with E-state index in [1.54, 1.807) is 14.2 Å². The normalized spacial score (nSPS) is 15.7. The number of nitrogens with one attached hydrogen (secondary N) is 1. The fourth-order valence-electron chi connectivity index (χ4n) is 3.54. The Labute approximate surface area is 176 Å². The number of aromatic nitrogens is 1. The number of carbonyl (C=O) groups is 1. The topological polar surface area (TPSA) is 54.6 Å². The van der Waals surface area contributed by atoms with Crippen LogP contribution in [0.3, 0.4) is 0 Å². The summed E-state index contributed by atoms with van der Waals surface area (Å²) in [6, 6.07) is 13.6. The van der Waals surface area contributed by atoms with E-state index in [0.29, 0.717) is 12.6 Å². The number of methoxy groups -OCH3 is 2. The fourth-order valence-corrected chi connectivity index (χ4v) is 3.71.